The lowest BCUT2D eigenvalue weighted by Gasteiger charge is -2.11. The molecule has 1 fully saturated rings. The lowest BCUT2D eigenvalue weighted by atomic mass is 10.1. The smallest absolute Gasteiger partial charge is 0.307 e. The summed E-state index contributed by atoms with van der Waals surface area (Å²) in [4.78, 5) is 10.3. The quantitative estimate of drug-likeness (QED) is 0.454. The fourth-order valence-electron chi connectivity index (χ4n) is 0.831. The van der Waals surface area contributed by atoms with Crippen LogP contribution in [0, 0.1) is 5.92 Å². The van der Waals surface area contributed by atoms with Gasteiger partial charge >= 0.3 is 5.97 Å². The van der Waals surface area contributed by atoms with Crippen molar-refractivity contribution in [2.45, 2.75) is 11.5 Å². The number of aliphatic hydroxyl groups is 2. The molecule has 1 heterocycles. The molecule has 0 aromatic rings. The van der Waals surface area contributed by atoms with Gasteiger partial charge in [-0.1, -0.05) is 11.8 Å². The zero-order valence-corrected chi connectivity index (χ0v) is 5.97. The standard InChI is InChI=1S/C5H8O4S/c6-4(7)3-1-5(8,9)10-2-3/h3,8-9H,1-2H2,(H,6,7). The first-order chi connectivity index (χ1) is 4.51. The second-order valence-corrected chi connectivity index (χ2v) is 3.57. The van der Waals surface area contributed by atoms with Gasteiger partial charge in [-0.2, -0.15) is 0 Å². The summed E-state index contributed by atoms with van der Waals surface area (Å²) in [5.74, 6) is -1.29. The van der Waals surface area contributed by atoms with E-state index in [1.807, 2.05) is 0 Å². The summed E-state index contributed by atoms with van der Waals surface area (Å²) in [6.07, 6.45) is -0.0764. The third kappa shape index (κ3) is 1.62. The van der Waals surface area contributed by atoms with Crippen LogP contribution in [-0.2, 0) is 4.79 Å². The van der Waals surface area contributed by atoms with Crippen molar-refractivity contribution in [3.63, 3.8) is 0 Å². The van der Waals surface area contributed by atoms with Crippen molar-refractivity contribution in [3.8, 4) is 0 Å². The molecular formula is C5H8O4S. The van der Waals surface area contributed by atoms with E-state index in [4.69, 9.17) is 15.3 Å². The number of aliphatic carboxylic acids is 1. The molecule has 0 radical (unpaired) electrons. The van der Waals surface area contributed by atoms with E-state index in [9.17, 15) is 4.79 Å². The maximum absolute atomic E-state index is 10.3. The molecule has 10 heavy (non-hydrogen) atoms. The van der Waals surface area contributed by atoms with E-state index >= 15 is 0 Å². The highest BCUT2D eigenvalue weighted by molar-refractivity contribution is 8.00. The average molecular weight is 164 g/mol. The van der Waals surface area contributed by atoms with Crippen molar-refractivity contribution in [3.05, 3.63) is 0 Å². The predicted molar refractivity (Wildman–Crippen MR) is 35.4 cm³/mol. The van der Waals surface area contributed by atoms with Crippen LogP contribution < -0.4 is 0 Å². The van der Waals surface area contributed by atoms with Crippen LogP contribution in [-0.4, -0.2) is 32.2 Å². The van der Waals surface area contributed by atoms with Crippen molar-refractivity contribution in [1.82, 2.24) is 0 Å². The molecule has 1 rings (SSSR count). The van der Waals surface area contributed by atoms with Gasteiger partial charge in [0.05, 0.1) is 5.92 Å². The van der Waals surface area contributed by atoms with Crippen LogP contribution in [0.2, 0.25) is 0 Å². The first kappa shape index (κ1) is 7.84. The summed E-state index contributed by atoms with van der Waals surface area (Å²) in [5, 5.41) is 24.3. The molecule has 1 atom stereocenters. The van der Waals surface area contributed by atoms with E-state index in [1.165, 1.54) is 0 Å². The van der Waals surface area contributed by atoms with Crippen LogP contribution in [0.4, 0.5) is 0 Å². The monoisotopic (exact) mass is 164 g/mol. The minimum absolute atomic E-state index is 0.0764. The van der Waals surface area contributed by atoms with Crippen LogP contribution in [0.3, 0.4) is 0 Å². The van der Waals surface area contributed by atoms with Crippen LogP contribution in [0.15, 0.2) is 0 Å². The maximum atomic E-state index is 10.3. The summed E-state index contributed by atoms with van der Waals surface area (Å²) >= 11 is 0.866. The Morgan fingerprint density at radius 3 is 2.40 bits per heavy atom. The fraction of sp³-hybridized carbons (Fsp3) is 0.800. The molecule has 1 saturated heterocycles. The Morgan fingerprint density at radius 1 is 1.60 bits per heavy atom. The van der Waals surface area contributed by atoms with Gasteiger partial charge in [0.2, 0.25) is 5.12 Å². The third-order valence-corrected chi connectivity index (χ3v) is 2.58. The summed E-state index contributed by atoms with van der Waals surface area (Å²) in [5.41, 5.74) is 0. The highest BCUT2D eigenvalue weighted by Gasteiger charge is 2.39. The van der Waals surface area contributed by atoms with Crippen LogP contribution in [0.1, 0.15) is 6.42 Å². The molecule has 1 aliphatic rings. The van der Waals surface area contributed by atoms with Crippen LogP contribution in [0.25, 0.3) is 0 Å². The topological polar surface area (TPSA) is 77.8 Å². The van der Waals surface area contributed by atoms with Gasteiger partial charge in [-0.25, -0.2) is 0 Å². The zero-order chi connectivity index (χ0) is 7.78. The van der Waals surface area contributed by atoms with Crippen LogP contribution in [0.5, 0.6) is 0 Å². The number of carboxylic acid groups (broad SMARTS) is 1. The summed E-state index contributed by atoms with van der Waals surface area (Å²) in [6.45, 7) is 0. The molecular weight excluding hydrogens is 156 g/mol. The van der Waals surface area contributed by atoms with Crippen LogP contribution >= 0.6 is 11.8 Å². The Morgan fingerprint density at radius 2 is 2.20 bits per heavy atom. The van der Waals surface area contributed by atoms with Crippen molar-refractivity contribution in [2.75, 3.05) is 5.75 Å². The molecule has 0 aromatic heterocycles. The van der Waals surface area contributed by atoms with Gasteiger partial charge in [0, 0.05) is 12.2 Å². The molecule has 0 bridgehead atoms. The molecule has 4 nitrogen and oxygen atoms in total. The van der Waals surface area contributed by atoms with Gasteiger partial charge in [-0.3, -0.25) is 4.79 Å². The number of thioether (sulfide) groups is 1. The summed E-state index contributed by atoms with van der Waals surface area (Å²) in [6, 6.07) is 0. The lowest BCUT2D eigenvalue weighted by Crippen LogP contribution is -2.22. The molecule has 0 spiro atoms. The molecule has 1 aliphatic heterocycles. The third-order valence-electron chi connectivity index (χ3n) is 1.38. The first-order valence-corrected chi connectivity index (χ1v) is 3.81. The van der Waals surface area contributed by atoms with E-state index in [0.29, 0.717) is 0 Å². The predicted octanol–water partition coefficient (Wildman–Crippen LogP) is -0.538. The molecule has 3 N–H and O–H groups in total. The first-order valence-electron chi connectivity index (χ1n) is 2.83. The lowest BCUT2D eigenvalue weighted by molar-refractivity contribution is -0.145. The molecule has 0 saturated carbocycles. The highest BCUT2D eigenvalue weighted by Crippen LogP contribution is 2.37. The highest BCUT2D eigenvalue weighted by atomic mass is 32.2. The van der Waals surface area contributed by atoms with E-state index in [2.05, 4.69) is 0 Å². The Labute approximate surface area is 61.9 Å². The molecule has 0 amide bonds. The Bertz CT molecular complexity index is 156. The number of carbonyl (C=O) groups is 1. The number of carboxylic acids is 1. The molecule has 0 aromatic carbocycles. The van der Waals surface area contributed by atoms with Crippen molar-refractivity contribution >= 4 is 17.7 Å². The SMILES string of the molecule is O=C(O)C1CSC(O)(O)C1. The molecule has 1 unspecified atom stereocenters. The number of hydrogen-bond donors (Lipinski definition) is 3. The molecule has 0 aliphatic carbocycles. The Balaban J connectivity index is 2.51. The van der Waals surface area contributed by atoms with Gasteiger partial charge in [0.15, 0.2) is 0 Å². The Hall–Kier alpha value is -0.260. The zero-order valence-electron chi connectivity index (χ0n) is 5.15. The van der Waals surface area contributed by atoms with Crippen molar-refractivity contribution in [1.29, 1.82) is 0 Å². The average Bonchev–Trinajstić information content (AvgIpc) is 2.10. The molecule has 58 valence electrons. The minimum Gasteiger partial charge on any atom is -0.481 e. The maximum Gasteiger partial charge on any atom is 0.307 e. The van der Waals surface area contributed by atoms with Crippen molar-refractivity contribution in [2.24, 2.45) is 5.92 Å². The molecule has 5 heteroatoms. The summed E-state index contributed by atoms with van der Waals surface area (Å²) < 4.78 is 0. The van der Waals surface area contributed by atoms with E-state index in [1.54, 1.807) is 0 Å². The Kier molecular flexibility index (Phi) is 1.89. The van der Waals surface area contributed by atoms with Gasteiger partial charge in [0.1, 0.15) is 0 Å². The van der Waals surface area contributed by atoms with E-state index in [0.717, 1.165) is 11.8 Å². The number of rotatable bonds is 1. The van der Waals surface area contributed by atoms with E-state index in [-0.39, 0.29) is 12.2 Å². The minimum atomic E-state index is -1.82. The fourth-order valence-corrected chi connectivity index (χ4v) is 1.88. The number of hydrogen-bond acceptors (Lipinski definition) is 4. The van der Waals surface area contributed by atoms with Gasteiger partial charge in [-0.05, 0) is 0 Å². The normalized spacial score (nSPS) is 30.4. The van der Waals surface area contributed by atoms with E-state index < -0.39 is 17.0 Å². The second kappa shape index (κ2) is 2.41. The summed E-state index contributed by atoms with van der Waals surface area (Å²) in [7, 11) is 0. The second-order valence-electron chi connectivity index (χ2n) is 2.29. The largest absolute Gasteiger partial charge is 0.481 e. The van der Waals surface area contributed by atoms with Gasteiger partial charge in [0.25, 0.3) is 0 Å². The van der Waals surface area contributed by atoms with Gasteiger partial charge < -0.3 is 15.3 Å². The van der Waals surface area contributed by atoms with Gasteiger partial charge in [-0.15, -0.1) is 0 Å². The van der Waals surface area contributed by atoms with Crippen molar-refractivity contribution < 1.29 is 20.1 Å².